The number of rotatable bonds is 3. The van der Waals surface area contributed by atoms with E-state index in [1.54, 1.807) is 0 Å². The van der Waals surface area contributed by atoms with E-state index in [2.05, 4.69) is 46.1 Å². The normalized spacial score (nSPS) is 10.1. The first-order valence-corrected chi connectivity index (χ1v) is 6.43. The van der Waals surface area contributed by atoms with Crippen molar-refractivity contribution in [3.05, 3.63) is 62.7 Å². The van der Waals surface area contributed by atoms with Gasteiger partial charge in [0.25, 0.3) is 0 Å². The number of benzene rings is 2. The van der Waals surface area contributed by atoms with E-state index in [1.165, 1.54) is 9.13 Å². The molecule has 0 unspecified atom stereocenters. The zero-order valence-electron chi connectivity index (χ0n) is 8.58. The van der Waals surface area contributed by atoms with Gasteiger partial charge in [0, 0.05) is 20.8 Å². The van der Waals surface area contributed by atoms with Crippen molar-refractivity contribution < 1.29 is 0 Å². The maximum Gasteiger partial charge on any atom is 0.0406 e. The minimum absolute atomic E-state index is 0.776. The summed E-state index contributed by atoms with van der Waals surface area (Å²) >= 11 is 8.13. The van der Waals surface area contributed by atoms with Crippen molar-refractivity contribution in [1.29, 1.82) is 0 Å². The molecule has 16 heavy (non-hydrogen) atoms. The summed E-state index contributed by atoms with van der Waals surface area (Å²) in [6.45, 7) is 0.817. The molecule has 1 N–H and O–H groups in total. The van der Waals surface area contributed by atoms with Crippen molar-refractivity contribution in [2.24, 2.45) is 0 Å². The van der Waals surface area contributed by atoms with Crippen LogP contribution >= 0.6 is 34.2 Å². The third-order valence-electron chi connectivity index (χ3n) is 2.23. The Balaban J connectivity index is 1.99. The van der Waals surface area contributed by atoms with Crippen molar-refractivity contribution in [2.45, 2.75) is 6.54 Å². The molecule has 0 saturated carbocycles. The van der Waals surface area contributed by atoms with E-state index in [0.717, 1.165) is 17.3 Å². The predicted molar refractivity (Wildman–Crippen MR) is 77.9 cm³/mol. The van der Waals surface area contributed by atoms with E-state index in [0.29, 0.717) is 0 Å². The van der Waals surface area contributed by atoms with Gasteiger partial charge in [-0.25, -0.2) is 0 Å². The number of anilines is 1. The van der Waals surface area contributed by atoms with Crippen LogP contribution in [0, 0.1) is 3.57 Å². The number of hydrogen-bond donors (Lipinski definition) is 1. The minimum atomic E-state index is 0.776. The summed E-state index contributed by atoms with van der Waals surface area (Å²) in [5.74, 6) is 0. The van der Waals surface area contributed by atoms with Crippen molar-refractivity contribution in [1.82, 2.24) is 0 Å². The summed E-state index contributed by atoms with van der Waals surface area (Å²) < 4.78 is 1.23. The number of halogens is 2. The molecule has 0 bridgehead atoms. The fourth-order valence-corrected chi connectivity index (χ4v) is 2.07. The summed E-state index contributed by atoms with van der Waals surface area (Å²) in [4.78, 5) is 0. The number of hydrogen-bond acceptors (Lipinski definition) is 1. The fourth-order valence-electron chi connectivity index (χ4n) is 1.40. The molecule has 82 valence electrons. The molecule has 1 nitrogen and oxygen atoms in total. The second-order valence-corrected chi connectivity index (χ2v) is 5.17. The van der Waals surface area contributed by atoms with Gasteiger partial charge < -0.3 is 5.32 Å². The summed E-state index contributed by atoms with van der Waals surface area (Å²) in [7, 11) is 0. The van der Waals surface area contributed by atoms with Gasteiger partial charge in [0.2, 0.25) is 0 Å². The molecular formula is C13H11ClIN. The van der Waals surface area contributed by atoms with Gasteiger partial charge in [0.15, 0.2) is 0 Å². The Labute approximate surface area is 114 Å². The zero-order chi connectivity index (χ0) is 11.4. The maximum atomic E-state index is 5.83. The van der Waals surface area contributed by atoms with Crippen LogP contribution in [0.1, 0.15) is 5.56 Å². The summed E-state index contributed by atoms with van der Waals surface area (Å²) in [5.41, 5.74) is 2.37. The topological polar surface area (TPSA) is 12.0 Å². The van der Waals surface area contributed by atoms with Crippen LogP contribution in [-0.4, -0.2) is 0 Å². The molecule has 0 saturated heterocycles. The predicted octanol–water partition coefficient (Wildman–Crippen LogP) is 4.56. The molecule has 2 aromatic rings. The highest BCUT2D eigenvalue weighted by molar-refractivity contribution is 14.1. The summed E-state index contributed by atoms with van der Waals surface area (Å²) in [6, 6.07) is 16.2. The van der Waals surface area contributed by atoms with Crippen molar-refractivity contribution in [2.75, 3.05) is 5.32 Å². The summed E-state index contributed by atoms with van der Waals surface area (Å²) in [6.07, 6.45) is 0. The molecule has 0 aliphatic heterocycles. The average molecular weight is 344 g/mol. The van der Waals surface area contributed by atoms with Gasteiger partial charge in [0.05, 0.1) is 0 Å². The molecule has 0 aromatic heterocycles. The third-order valence-corrected chi connectivity index (χ3v) is 3.16. The van der Waals surface area contributed by atoms with E-state index in [-0.39, 0.29) is 0 Å². The van der Waals surface area contributed by atoms with Gasteiger partial charge in [-0.05, 0) is 58.5 Å². The van der Waals surface area contributed by atoms with Gasteiger partial charge in [-0.1, -0.05) is 29.8 Å². The highest BCUT2D eigenvalue weighted by Crippen LogP contribution is 2.14. The fraction of sp³-hybridized carbons (Fsp3) is 0.0769. The standard InChI is InChI=1S/C13H11ClIN/c14-11-6-4-10(5-7-11)9-16-13-3-1-2-12(15)8-13/h1-8,16H,9H2. The average Bonchev–Trinajstić information content (AvgIpc) is 2.28. The van der Waals surface area contributed by atoms with Crippen molar-refractivity contribution >= 4 is 39.9 Å². The van der Waals surface area contributed by atoms with E-state index in [9.17, 15) is 0 Å². The Morgan fingerprint density at radius 3 is 2.50 bits per heavy atom. The lowest BCUT2D eigenvalue weighted by atomic mass is 10.2. The number of nitrogens with one attached hydrogen (secondary N) is 1. The SMILES string of the molecule is Clc1ccc(CNc2cccc(I)c2)cc1. The molecule has 0 radical (unpaired) electrons. The Hall–Kier alpha value is -0.740. The first-order valence-electron chi connectivity index (χ1n) is 4.98. The first-order chi connectivity index (χ1) is 7.74. The quantitative estimate of drug-likeness (QED) is 0.806. The van der Waals surface area contributed by atoms with E-state index in [1.807, 2.05) is 30.3 Å². The molecule has 3 heteroatoms. The highest BCUT2D eigenvalue weighted by atomic mass is 127. The van der Waals surface area contributed by atoms with Gasteiger partial charge in [-0.15, -0.1) is 0 Å². The van der Waals surface area contributed by atoms with Crippen LogP contribution in [-0.2, 0) is 6.54 Å². The molecule has 0 aliphatic rings. The molecule has 2 rings (SSSR count). The molecule has 2 aromatic carbocycles. The summed E-state index contributed by atoms with van der Waals surface area (Å²) in [5, 5.41) is 4.15. The van der Waals surface area contributed by atoms with Gasteiger partial charge in [-0.3, -0.25) is 0 Å². The Bertz CT molecular complexity index is 468. The van der Waals surface area contributed by atoms with E-state index < -0.39 is 0 Å². The monoisotopic (exact) mass is 343 g/mol. The Kier molecular flexibility index (Phi) is 4.07. The van der Waals surface area contributed by atoms with Crippen molar-refractivity contribution in [3.63, 3.8) is 0 Å². The van der Waals surface area contributed by atoms with Crippen LogP contribution in [0.5, 0.6) is 0 Å². The molecular weight excluding hydrogens is 333 g/mol. The molecule has 0 aliphatic carbocycles. The second-order valence-electron chi connectivity index (χ2n) is 3.49. The molecule has 0 heterocycles. The minimum Gasteiger partial charge on any atom is -0.381 e. The third kappa shape index (κ3) is 3.39. The van der Waals surface area contributed by atoms with Crippen LogP contribution in [0.3, 0.4) is 0 Å². The molecule has 0 spiro atoms. The van der Waals surface area contributed by atoms with Crippen LogP contribution in [0.4, 0.5) is 5.69 Å². The van der Waals surface area contributed by atoms with Crippen LogP contribution < -0.4 is 5.32 Å². The van der Waals surface area contributed by atoms with E-state index >= 15 is 0 Å². The maximum absolute atomic E-state index is 5.83. The molecule has 0 fully saturated rings. The molecule has 0 atom stereocenters. The van der Waals surface area contributed by atoms with Crippen LogP contribution in [0.25, 0.3) is 0 Å². The van der Waals surface area contributed by atoms with Crippen molar-refractivity contribution in [3.8, 4) is 0 Å². The van der Waals surface area contributed by atoms with Gasteiger partial charge in [0.1, 0.15) is 0 Å². The zero-order valence-corrected chi connectivity index (χ0v) is 11.5. The van der Waals surface area contributed by atoms with Crippen LogP contribution in [0.15, 0.2) is 48.5 Å². The van der Waals surface area contributed by atoms with E-state index in [4.69, 9.17) is 11.6 Å². The lowest BCUT2D eigenvalue weighted by molar-refractivity contribution is 1.15. The van der Waals surface area contributed by atoms with Crippen LogP contribution in [0.2, 0.25) is 5.02 Å². The smallest absolute Gasteiger partial charge is 0.0406 e. The van der Waals surface area contributed by atoms with Gasteiger partial charge in [-0.2, -0.15) is 0 Å². The highest BCUT2D eigenvalue weighted by Gasteiger charge is 1.95. The largest absolute Gasteiger partial charge is 0.381 e. The first kappa shape index (κ1) is 11.7. The molecule has 0 amide bonds. The lowest BCUT2D eigenvalue weighted by Crippen LogP contribution is -1.98. The lowest BCUT2D eigenvalue weighted by Gasteiger charge is -2.06. The van der Waals surface area contributed by atoms with Gasteiger partial charge >= 0.3 is 0 Å². The Morgan fingerprint density at radius 1 is 1.06 bits per heavy atom. The second kappa shape index (κ2) is 5.55. The Morgan fingerprint density at radius 2 is 1.81 bits per heavy atom.